The van der Waals surface area contributed by atoms with Gasteiger partial charge in [-0.25, -0.2) is 13.6 Å². The Morgan fingerprint density at radius 3 is 2.48 bits per heavy atom. The Hall–Kier alpha value is -2.24. The first kappa shape index (κ1) is 13.7. The number of benzene rings is 1. The third-order valence-corrected chi connectivity index (χ3v) is 3.97. The van der Waals surface area contributed by atoms with Crippen molar-refractivity contribution in [2.45, 2.75) is 31.7 Å². The molecule has 2 aromatic rings. The first-order valence-electron chi connectivity index (χ1n) is 6.76. The lowest BCUT2D eigenvalue weighted by molar-refractivity contribution is 0.0682. The van der Waals surface area contributed by atoms with Crippen molar-refractivity contribution in [1.29, 1.82) is 0 Å². The van der Waals surface area contributed by atoms with Gasteiger partial charge in [-0.05, 0) is 18.9 Å². The highest BCUT2D eigenvalue weighted by Crippen LogP contribution is 2.33. The van der Waals surface area contributed by atoms with Crippen LogP contribution in [0, 0.1) is 11.6 Å². The van der Waals surface area contributed by atoms with Gasteiger partial charge in [-0.2, -0.15) is 0 Å². The maximum absolute atomic E-state index is 14.2. The molecule has 0 radical (unpaired) electrons. The van der Waals surface area contributed by atoms with E-state index in [0.29, 0.717) is 6.07 Å². The van der Waals surface area contributed by atoms with E-state index in [9.17, 15) is 23.5 Å². The van der Waals surface area contributed by atoms with E-state index in [0.717, 1.165) is 37.8 Å². The number of fused-ring (bicyclic) bond motifs is 1. The molecule has 1 fully saturated rings. The van der Waals surface area contributed by atoms with Crippen LogP contribution >= 0.6 is 0 Å². The van der Waals surface area contributed by atoms with E-state index < -0.39 is 23.0 Å². The quantitative estimate of drug-likeness (QED) is 0.925. The summed E-state index contributed by atoms with van der Waals surface area (Å²) >= 11 is 0. The third kappa shape index (κ3) is 2.20. The molecule has 21 heavy (non-hydrogen) atoms. The average molecular weight is 293 g/mol. The van der Waals surface area contributed by atoms with Gasteiger partial charge in [-0.3, -0.25) is 4.79 Å². The molecule has 1 aromatic carbocycles. The summed E-state index contributed by atoms with van der Waals surface area (Å²) in [5.41, 5.74) is -1.05. The number of carbonyl (C=O) groups is 1. The summed E-state index contributed by atoms with van der Waals surface area (Å²) in [4.78, 5) is 23.4. The van der Waals surface area contributed by atoms with Gasteiger partial charge in [0.05, 0.1) is 10.9 Å². The number of nitrogens with zero attached hydrogens (tertiary/aromatic N) is 1. The second-order valence-corrected chi connectivity index (χ2v) is 5.29. The van der Waals surface area contributed by atoms with E-state index in [2.05, 4.69) is 0 Å². The number of carboxylic acids is 1. The van der Waals surface area contributed by atoms with Crippen LogP contribution in [0.5, 0.6) is 0 Å². The minimum Gasteiger partial charge on any atom is -0.477 e. The van der Waals surface area contributed by atoms with Crippen molar-refractivity contribution in [3.05, 3.63) is 45.8 Å². The standard InChI is InChI=1S/C15H13F2NO3/c16-8-5-10-13(19)7-12(15(20)21)18(9-3-1-2-4-9)14(10)11(17)6-8/h5-7,9H,1-4H2,(H,20,21). The summed E-state index contributed by atoms with van der Waals surface area (Å²) < 4.78 is 28.9. The molecule has 110 valence electrons. The molecular formula is C15H13F2NO3. The molecule has 1 aliphatic carbocycles. The predicted octanol–water partition coefficient (Wildman–Crippen LogP) is 3.09. The van der Waals surface area contributed by atoms with Gasteiger partial charge in [0.15, 0.2) is 11.2 Å². The van der Waals surface area contributed by atoms with Crippen molar-refractivity contribution in [2.24, 2.45) is 0 Å². The van der Waals surface area contributed by atoms with Gasteiger partial charge in [0.25, 0.3) is 0 Å². The van der Waals surface area contributed by atoms with Crippen molar-refractivity contribution >= 4 is 16.9 Å². The number of hydrogen-bond donors (Lipinski definition) is 1. The fraction of sp³-hybridized carbons (Fsp3) is 0.333. The Morgan fingerprint density at radius 1 is 1.19 bits per heavy atom. The lowest BCUT2D eigenvalue weighted by atomic mass is 10.1. The van der Waals surface area contributed by atoms with Crippen molar-refractivity contribution in [3.63, 3.8) is 0 Å². The van der Waals surface area contributed by atoms with E-state index in [4.69, 9.17) is 0 Å². The molecule has 1 N–H and O–H groups in total. The second kappa shape index (κ2) is 4.95. The molecular weight excluding hydrogens is 280 g/mol. The highest BCUT2D eigenvalue weighted by atomic mass is 19.1. The van der Waals surface area contributed by atoms with Gasteiger partial charge >= 0.3 is 5.97 Å². The van der Waals surface area contributed by atoms with Crippen LogP contribution in [0.2, 0.25) is 0 Å². The van der Waals surface area contributed by atoms with Crippen LogP contribution in [0.1, 0.15) is 42.2 Å². The highest BCUT2D eigenvalue weighted by Gasteiger charge is 2.25. The molecule has 4 nitrogen and oxygen atoms in total. The molecule has 1 heterocycles. The van der Waals surface area contributed by atoms with E-state index in [1.165, 1.54) is 4.57 Å². The number of halogens is 2. The van der Waals surface area contributed by atoms with E-state index in [-0.39, 0.29) is 22.6 Å². The maximum atomic E-state index is 14.2. The van der Waals surface area contributed by atoms with E-state index in [1.54, 1.807) is 0 Å². The zero-order chi connectivity index (χ0) is 15.1. The maximum Gasteiger partial charge on any atom is 0.352 e. The summed E-state index contributed by atoms with van der Waals surface area (Å²) in [6.07, 6.45) is 3.27. The van der Waals surface area contributed by atoms with E-state index >= 15 is 0 Å². The Kier molecular flexibility index (Phi) is 3.23. The lowest BCUT2D eigenvalue weighted by Crippen LogP contribution is -2.21. The topological polar surface area (TPSA) is 59.3 Å². The number of pyridine rings is 1. The number of aromatic nitrogens is 1. The average Bonchev–Trinajstić information content (AvgIpc) is 2.92. The summed E-state index contributed by atoms with van der Waals surface area (Å²) in [6.45, 7) is 0. The predicted molar refractivity (Wildman–Crippen MR) is 72.6 cm³/mol. The number of hydrogen-bond acceptors (Lipinski definition) is 2. The SMILES string of the molecule is O=C(O)c1cc(=O)c2cc(F)cc(F)c2n1C1CCCC1. The van der Waals surface area contributed by atoms with E-state index in [1.807, 2.05) is 0 Å². The molecule has 1 aromatic heterocycles. The summed E-state index contributed by atoms with van der Waals surface area (Å²) in [6, 6.07) is 2.40. The molecule has 0 spiro atoms. The summed E-state index contributed by atoms with van der Waals surface area (Å²) in [5, 5.41) is 9.18. The van der Waals surface area contributed by atoms with Gasteiger partial charge in [0, 0.05) is 18.2 Å². The zero-order valence-electron chi connectivity index (χ0n) is 11.1. The fourth-order valence-corrected chi connectivity index (χ4v) is 3.10. The third-order valence-electron chi connectivity index (χ3n) is 3.97. The van der Waals surface area contributed by atoms with Gasteiger partial charge in [0.2, 0.25) is 0 Å². The minimum atomic E-state index is -1.29. The van der Waals surface area contributed by atoms with Crippen LogP contribution in [-0.4, -0.2) is 15.6 Å². The molecule has 0 unspecified atom stereocenters. The Bertz CT molecular complexity index is 792. The first-order chi connectivity index (χ1) is 9.99. The number of carboxylic acid groups (broad SMARTS) is 1. The summed E-state index contributed by atoms with van der Waals surface area (Å²) in [7, 11) is 0. The van der Waals surface area contributed by atoms with Crippen LogP contribution in [0.25, 0.3) is 10.9 Å². The van der Waals surface area contributed by atoms with Gasteiger partial charge in [-0.1, -0.05) is 12.8 Å². The Morgan fingerprint density at radius 2 is 1.86 bits per heavy atom. The van der Waals surface area contributed by atoms with Crippen LogP contribution < -0.4 is 5.43 Å². The zero-order valence-corrected chi connectivity index (χ0v) is 11.1. The molecule has 0 saturated heterocycles. The van der Waals surface area contributed by atoms with Crippen LogP contribution in [0.3, 0.4) is 0 Å². The molecule has 0 amide bonds. The molecule has 0 bridgehead atoms. The molecule has 0 atom stereocenters. The molecule has 0 aliphatic heterocycles. The van der Waals surface area contributed by atoms with Crippen LogP contribution in [0.15, 0.2) is 23.0 Å². The monoisotopic (exact) mass is 293 g/mol. The normalized spacial score (nSPS) is 15.7. The molecule has 3 rings (SSSR count). The summed E-state index contributed by atoms with van der Waals surface area (Å²) in [5.74, 6) is -3.04. The van der Waals surface area contributed by atoms with Gasteiger partial charge < -0.3 is 9.67 Å². The minimum absolute atomic E-state index is 0.117. The second-order valence-electron chi connectivity index (χ2n) is 5.29. The lowest BCUT2D eigenvalue weighted by Gasteiger charge is -2.21. The molecule has 1 aliphatic rings. The van der Waals surface area contributed by atoms with Crippen LogP contribution in [-0.2, 0) is 0 Å². The fourth-order valence-electron chi connectivity index (χ4n) is 3.10. The van der Waals surface area contributed by atoms with Crippen LogP contribution in [0.4, 0.5) is 8.78 Å². The highest BCUT2D eigenvalue weighted by molar-refractivity contribution is 5.91. The largest absolute Gasteiger partial charge is 0.477 e. The van der Waals surface area contributed by atoms with Crippen molar-refractivity contribution in [2.75, 3.05) is 0 Å². The molecule has 1 saturated carbocycles. The Labute approximate surface area is 118 Å². The smallest absolute Gasteiger partial charge is 0.352 e. The number of aromatic carboxylic acids is 1. The number of rotatable bonds is 2. The van der Waals surface area contributed by atoms with Gasteiger partial charge in [0.1, 0.15) is 11.5 Å². The van der Waals surface area contributed by atoms with Crippen molar-refractivity contribution in [1.82, 2.24) is 4.57 Å². The first-order valence-corrected chi connectivity index (χ1v) is 6.76. The van der Waals surface area contributed by atoms with Gasteiger partial charge in [-0.15, -0.1) is 0 Å². The van der Waals surface area contributed by atoms with Crippen molar-refractivity contribution in [3.8, 4) is 0 Å². The molecule has 6 heteroatoms. The Balaban J connectivity index is 2.45. The van der Waals surface area contributed by atoms with Crippen molar-refractivity contribution < 1.29 is 18.7 Å².